The van der Waals surface area contributed by atoms with Crippen LogP contribution in [0.5, 0.6) is 5.88 Å². The second-order valence-corrected chi connectivity index (χ2v) is 3.67. The van der Waals surface area contributed by atoms with E-state index in [4.69, 9.17) is 16.3 Å². The lowest BCUT2D eigenvalue weighted by Crippen LogP contribution is -2.11. The number of ether oxygens (including phenoxy) is 1. The van der Waals surface area contributed by atoms with Crippen LogP contribution in [0.3, 0.4) is 0 Å². The molecule has 1 aliphatic rings. The lowest BCUT2D eigenvalue weighted by Gasteiger charge is -2.06. The van der Waals surface area contributed by atoms with Crippen LogP contribution in [-0.4, -0.2) is 16.6 Å². The van der Waals surface area contributed by atoms with Crippen LogP contribution in [0.15, 0.2) is 6.07 Å². The summed E-state index contributed by atoms with van der Waals surface area (Å²) in [4.78, 5) is 7.81. The Kier molecular flexibility index (Phi) is 2.86. The fourth-order valence-electron chi connectivity index (χ4n) is 1.33. The summed E-state index contributed by atoms with van der Waals surface area (Å²) in [6.07, 6.45) is 3.73. The summed E-state index contributed by atoms with van der Waals surface area (Å²) < 4.78 is 5.45. The van der Waals surface area contributed by atoms with Crippen molar-refractivity contribution in [2.45, 2.75) is 19.3 Å². The van der Waals surface area contributed by atoms with Gasteiger partial charge in [0.2, 0.25) is 11.8 Å². The summed E-state index contributed by atoms with van der Waals surface area (Å²) in [5, 5.41) is 0. The van der Waals surface area contributed by atoms with E-state index >= 15 is 0 Å². The average Bonchev–Trinajstić information content (AvgIpc) is 3.01. The van der Waals surface area contributed by atoms with E-state index in [1.165, 1.54) is 12.8 Å². The van der Waals surface area contributed by atoms with E-state index in [0.29, 0.717) is 18.3 Å². The summed E-state index contributed by atoms with van der Waals surface area (Å²) in [6.45, 7) is 0.672. The molecule has 0 unspecified atom stereocenters. The van der Waals surface area contributed by atoms with Crippen LogP contribution < -0.4 is 21.7 Å². The van der Waals surface area contributed by atoms with Crippen LogP contribution in [0, 0.1) is 5.92 Å². The maximum atomic E-state index is 5.48. The van der Waals surface area contributed by atoms with E-state index in [-0.39, 0.29) is 5.95 Å². The molecule has 0 spiro atoms. The van der Waals surface area contributed by atoms with Gasteiger partial charge in [0.25, 0.3) is 0 Å². The molecule has 15 heavy (non-hydrogen) atoms. The molecule has 1 fully saturated rings. The number of rotatable bonds is 5. The molecule has 1 heterocycles. The Labute approximate surface area is 88.0 Å². The van der Waals surface area contributed by atoms with E-state index < -0.39 is 0 Å². The number of hydrogen-bond acceptors (Lipinski definition) is 6. The maximum absolute atomic E-state index is 5.48. The van der Waals surface area contributed by atoms with Crippen LogP contribution in [-0.2, 0) is 0 Å². The van der Waals surface area contributed by atoms with Gasteiger partial charge in [-0.05, 0) is 12.3 Å². The zero-order valence-electron chi connectivity index (χ0n) is 8.44. The Morgan fingerprint density at radius 3 is 2.93 bits per heavy atom. The molecule has 1 aliphatic carbocycles. The van der Waals surface area contributed by atoms with Crippen molar-refractivity contribution in [3.05, 3.63) is 6.07 Å². The highest BCUT2D eigenvalue weighted by Gasteiger charge is 2.20. The fourth-order valence-corrected chi connectivity index (χ4v) is 1.33. The highest BCUT2D eigenvalue weighted by molar-refractivity contribution is 5.41. The monoisotopic (exact) mass is 209 g/mol. The maximum Gasteiger partial charge on any atom is 0.225 e. The summed E-state index contributed by atoms with van der Waals surface area (Å²) >= 11 is 0. The Morgan fingerprint density at radius 2 is 2.27 bits per heavy atom. The van der Waals surface area contributed by atoms with Gasteiger partial charge in [-0.1, -0.05) is 12.8 Å². The molecular weight excluding hydrogens is 194 g/mol. The first-order valence-corrected chi connectivity index (χ1v) is 5.02. The van der Waals surface area contributed by atoms with Gasteiger partial charge in [-0.15, -0.1) is 0 Å². The van der Waals surface area contributed by atoms with Crippen LogP contribution in [0.2, 0.25) is 0 Å². The number of nitrogens with two attached hydrogens (primary N) is 2. The molecule has 0 aromatic carbocycles. The van der Waals surface area contributed by atoms with E-state index in [1.54, 1.807) is 6.07 Å². The van der Waals surface area contributed by atoms with Crippen molar-refractivity contribution in [1.82, 2.24) is 9.97 Å². The third kappa shape index (κ3) is 2.95. The zero-order chi connectivity index (χ0) is 10.7. The minimum Gasteiger partial charge on any atom is -0.477 e. The van der Waals surface area contributed by atoms with Crippen molar-refractivity contribution >= 4 is 11.8 Å². The van der Waals surface area contributed by atoms with Crippen molar-refractivity contribution in [3.63, 3.8) is 0 Å². The van der Waals surface area contributed by atoms with Gasteiger partial charge in [0, 0.05) is 6.07 Å². The molecule has 0 amide bonds. The third-order valence-corrected chi connectivity index (χ3v) is 2.34. The van der Waals surface area contributed by atoms with Crippen molar-refractivity contribution in [1.29, 1.82) is 0 Å². The summed E-state index contributed by atoms with van der Waals surface area (Å²) in [5.74, 6) is 7.16. The van der Waals surface area contributed by atoms with E-state index in [2.05, 4.69) is 15.4 Å². The Morgan fingerprint density at radius 1 is 1.47 bits per heavy atom. The van der Waals surface area contributed by atoms with E-state index in [1.807, 2.05) is 0 Å². The molecule has 1 aromatic rings. The number of hydrazine groups is 1. The largest absolute Gasteiger partial charge is 0.477 e. The van der Waals surface area contributed by atoms with Crippen LogP contribution in [0.25, 0.3) is 0 Å². The Balaban J connectivity index is 1.90. The molecule has 0 aliphatic heterocycles. The molecular formula is C9H15N5O. The second-order valence-electron chi connectivity index (χ2n) is 3.67. The van der Waals surface area contributed by atoms with Crippen molar-refractivity contribution in [3.8, 4) is 5.88 Å². The summed E-state index contributed by atoms with van der Waals surface area (Å²) in [6, 6.07) is 1.63. The smallest absolute Gasteiger partial charge is 0.225 e. The Bertz CT molecular complexity index is 339. The number of anilines is 2. The molecule has 1 aromatic heterocycles. The van der Waals surface area contributed by atoms with Crippen molar-refractivity contribution in [2.75, 3.05) is 17.8 Å². The second kappa shape index (κ2) is 4.31. The molecule has 6 heteroatoms. The predicted molar refractivity (Wildman–Crippen MR) is 57.1 cm³/mol. The fraction of sp³-hybridized carbons (Fsp3) is 0.556. The summed E-state index contributed by atoms with van der Waals surface area (Å²) in [5.41, 5.74) is 7.89. The van der Waals surface area contributed by atoms with Crippen molar-refractivity contribution in [2.24, 2.45) is 11.8 Å². The lowest BCUT2D eigenvalue weighted by molar-refractivity contribution is 0.291. The van der Waals surface area contributed by atoms with Crippen LogP contribution in [0.4, 0.5) is 11.8 Å². The van der Waals surface area contributed by atoms with Gasteiger partial charge in [-0.2, -0.15) is 9.97 Å². The number of nitrogens with one attached hydrogen (secondary N) is 1. The first kappa shape index (κ1) is 9.97. The zero-order valence-corrected chi connectivity index (χ0v) is 8.44. The van der Waals surface area contributed by atoms with Gasteiger partial charge < -0.3 is 15.9 Å². The topological polar surface area (TPSA) is 99.1 Å². The first-order valence-electron chi connectivity index (χ1n) is 5.02. The standard InChI is InChI=1S/C9H15N5O/c10-9-12-7(14-11)5-8(13-9)15-4-3-6-1-2-6/h5-6H,1-4,11H2,(H3,10,12,13,14). The van der Waals surface area contributed by atoms with Gasteiger partial charge in [-0.25, -0.2) is 5.84 Å². The molecule has 6 nitrogen and oxygen atoms in total. The van der Waals surface area contributed by atoms with Gasteiger partial charge in [0.15, 0.2) is 0 Å². The molecule has 0 radical (unpaired) electrons. The lowest BCUT2D eigenvalue weighted by atomic mass is 10.3. The van der Waals surface area contributed by atoms with Gasteiger partial charge in [0.05, 0.1) is 6.61 Å². The molecule has 0 saturated heterocycles. The minimum absolute atomic E-state index is 0.159. The third-order valence-electron chi connectivity index (χ3n) is 2.34. The SMILES string of the molecule is NNc1cc(OCCC2CC2)nc(N)n1. The number of hydrogen-bond donors (Lipinski definition) is 3. The van der Waals surface area contributed by atoms with Crippen molar-refractivity contribution < 1.29 is 4.74 Å². The van der Waals surface area contributed by atoms with E-state index in [9.17, 15) is 0 Å². The number of nitrogen functional groups attached to an aromatic ring is 2. The highest BCUT2D eigenvalue weighted by atomic mass is 16.5. The number of nitrogens with zero attached hydrogens (tertiary/aromatic N) is 2. The molecule has 0 atom stereocenters. The quantitative estimate of drug-likeness (QED) is 0.483. The van der Waals surface area contributed by atoms with Gasteiger partial charge >= 0.3 is 0 Å². The predicted octanol–water partition coefficient (Wildman–Crippen LogP) is 0.523. The van der Waals surface area contributed by atoms with Crippen LogP contribution in [0.1, 0.15) is 19.3 Å². The van der Waals surface area contributed by atoms with Crippen LogP contribution >= 0.6 is 0 Å². The Hall–Kier alpha value is -1.56. The molecule has 0 bridgehead atoms. The number of aromatic nitrogens is 2. The van der Waals surface area contributed by atoms with Gasteiger partial charge in [0.1, 0.15) is 5.82 Å². The first-order chi connectivity index (χ1) is 7.28. The highest BCUT2D eigenvalue weighted by Crippen LogP contribution is 2.32. The van der Waals surface area contributed by atoms with E-state index in [0.717, 1.165) is 12.3 Å². The minimum atomic E-state index is 0.159. The molecule has 1 saturated carbocycles. The molecule has 2 rings (SSSR count). The molecule has 82 valence electrons. The van der Waals surface area contributed by atoms with Gasteiger partial charge in [-0.3, -0.25) is 0 Å². The normalized spacial score (nSPS) is 15.0. The average molecular weight is 209 g/mol. The summed E-state index contributed by atoms with van der Waals surface area (Å²) in [7, 11) is 0. The molecule has 5 N–H and O–H groups in total.